The number of hydrogen-bond acceptors (Lipinski definition) is 2. The number of para-hydroxylation sites is 1. The first-order valence-corrected chi connectivity index (χ1v) is 15.6. The summed E-state index contributed by atoms with van der Waals surface area (Å²) in [5, 5.41) is 4.58. The molecule has 1 heterocycles. The highest BCUT2D eigenvalue weighted by molar-refractivity contribution is 6.22. The topological polar surface area (TPSA) is 16.4 Å². The Labute approximate surface area is 262 Å². The van der Waals surface area contributed by atoms with Crippen molar-refractivity contribution in [3.63, 3.8) is 0 Å². The number of benzene rings is 7. The van der Waals surface area contributed by atoms with E-state index in [2.05, 4.69) is 164 Å². The highest BCUT2D eigenvalue weighted by Gasteiger charge is 2.38. The van der Waals surface area contributed by atoms with Crippen LogP contribution < -0.4 is 4.90 Å². The molecule has 1 aromatic heterocycles. The van der Waals surface area contributed by atoms with Crippen LogP contribution in [-0.4, -0.2) is 0 Å². The first-order valence-electron chi connectivity index (χ1n) is 15.6. The van der Waals surface area contributed by atoms with Gasteiger partial charge in [0, 0.05) is 27.4 Å². The molecule has 0 saturated carbocycles. The molecule has 0 atom stereocenters. The molecule has 0 unspecified atom stereocenters. The van der Waals surface area contributed by atoms with Crippen molar-refractivity contribution in [2.75, 3.05) is 4.90 Å². The third-order valence-electron chi connectivity index (χ3n) is 9.64. The summed E-state index contributed by atoms with van der Waals surface area (Å²) in [6, 6.07) is 54.6. The molecular weight excluding hydrogens is 546 g/mol. The van der Waals surface area contributed by atoms with Gasteiger partial charge in [-0.05, 0) is 63.5 Å². The van der Waals surface area contributed by atoms with Crippen molar-refractivity contribution < 1.29 is 4.42 Å². The van der Waals surface area contributed by atoms with Crippen molar-refractivity contribution in [2.45, 2.75) is 19.3 Å². The Morgan fingerprint density at radius 3 is 2.04 bits per heavy atom. The quantitative estimate of drug-likeness (QED) is 0.207. The number of hydrogen-bond donors (Lipinski definition) is 0. The second-order valence-electron chi connectivity index (χ2n) is 12.5. The highest BCUT2D eigenvalue weighted by Crippen LogP contribution is 2.56. The molecule has 0 fully saturated rings. The van der Waals surface area contributed by atoms with E-state index < -0.39 is 0 Å². The summed E-state index contributed by atoms with van der Waals surface area (Å²) in [7, 11) is 0. The van der Waals surface area contributed by atoms with Gasteiger partial charge in [0.1, 0.15) is 11.2 Å². The monoisotopic (exact) mass is 577 g/mol. The van der Waals surface area contributed by atoms with E-state index in [1.165, 1.54) is 44.5 Å². The van der Waals surface area contributed by atoms with Gasteiger partial charge >= 0.3 is 0 Å². The van der Waals surface area contributed by atoms with E-state index in [9.17, 15) is 0 Å². The zero-order valence-corrected chi connectivity index (χ0v) is 25.3. The fourth-order valence-corrected chi connectivity index (χ4v) is 7.50. The minimum absolute atomic E-state index is 0.110. The fraction of sp³-hybridized carbons (Fsp3) is 0.0698. The normalized spacial score (nSPS) is 13.3. The van der Waals surface area contributed by atoms with Crippen LogP contribution in [0.2, 0.25) is 0 Å². The minimum atomic E-state index is -0.110. The molecule has 1 aliphatic rings. The van der Waals surface area contributed by atoms with Crippen LogP contribution in [0.4, 0.5) is 17.1 Å². The predicted molar refractivity (Wildman–Crippen MR) is 189 cm³/mol. The van der Waals surface area contributed by atoms with E-state index >= 15 is 0 Å². The van der Waals surface area contributed by atoms with Crippen LogP contribution >= 0.6 is 0 Å². The molecule has 1 aliphatic carbocycles. The zero-order valence-electron chi connectivity index (χ0n) is 25.3. The molecule has 0 aliphatic heterocycles. The first kappa shape index (κ1) is 25.9. The Kier molecular flexibility index (Phi) is 5.58. The lowest BCUT2D eigenvalue weighted by Gasteiger charge is -2.30. The number of fused-ring (bicyclic) bond motifs is 7. The minimum Gasteiger partial charge on any atom is -0.456 e. The Bertz CT molecular complexity index is 2400. The smallest absolute Gasteiger partial charge is 0.138 e. The number of rotatable bonds is 4. The SMILES string of the molecule is CC1(C)c2ccccc2-c2c(N(c3ccc(-c4ccccc4)cc3)c3c4ccccc4cc4oc5ccccc5c34)cccc21. The largest absolute Gasteiger partial charge is 0.456 e. The molecular formula is C43H31NO. The second-order valence-corrected chi connectivity index (χ2v) is 12.5. The average Bonchev–Trinajstić information content (AvgIpc) is 3.57. The maximum absolute atomic E-state index is 6.56. The van der Waals surface area contributed by atoms with Gasteiger partial charge in [-0.1, -0.05) is 135 Å². The highest BCUT2D eigenvalue weighted by atomic mass is 16.3. The number of furan rings is 1. The standard InChI is InChI=1S/C43H31NO/c1-43(2)35-19-10-8-17-33(35)40-36(43)20-12-21-37(40)44(31-25-23-29(24-26-31)28-13-4-3-5-14-28)42-32-16-7-6-15-30(32)27-39-41(42)34-18-9-11-22-38(34)45-39/h3-27H,1-2H3. The number of anilines is 3. The summed E-state index contributed by atoms with van der Waals surface area (Å²) in [6.07, 6.45) is 0. The lowest BCUT2D eigenvalue weighted by Crippen LogP contribution is -2.16. The Hall–Kier alpha value is -5.60. The van der Waals surface area contributed by atoms with Crippen molar-refractivity contribution >= 4 is 49.8 Å². The van der Waals surface area contributed by atoms with Gasteiger partial charge in [-0.25, -0.2) is 0 Å². The van der Waals surface area contributed by atoms with E-state index in [-0.39, 0.29) is 5.41 Å². The molecule has 214 valence electrons. The summed E-state index contributed by atoms with van der Waals surface area (Å²) in [5.74, 6) is 0. The van der Waals surface area contributed by atoms with Crippen molar-refractivity contribution in [3.05, 3.63) is 163 Å². The van der Waals surface area contributed by atoms with Gasteiger partial charge in [0.15, 0.2) is 0 Å². The van der Waals surface area contributed by atoms with Crippen LogP contribution in [-0.2, 0) is 5.41 Å². The molecule has 45 heavy (non-hydrogen) atoms. The van der Waals surface area contributed by atoms with Gasteiger partial charge in [-0.2, -0.15) is 0 Å². The second kappa shape index (κ2) is 9.70. The van der Waals surface area contributed by atoms with Gasteiger partial charge in [-0.15, -0.1) is 0 Å². The summed E-state index contributed by atoms with van der Waals surface area (Å²) in [6.45, 7) is 4.69. The van der Waals surface area contributed by atoms with E-state index in [1.54, 1.807) is 0 Å². The maximum Gasteiger partial charge on any atom is 0.138 e. The summed E-state index contributed by atoms with van der Waals surface area (Å²) < 4.78 is 6.56. The zero-order chi connectivity index (χ0) is 30.1. The van der Waals surface area contributed by atoms with E-state index in [1.807, 2.05) is 6.07 Å². The maximum atomic E-state index is 6.56. The molecule has 2 nitrogen and oxygen atoms in total. The van der Waals surface area contributed by atoms with Crippen LogP contribution in [0.5, 0.6) is 0 Å². The Balaban J connectivity index is 1.41. The molecule has 0 saturated heterocycles. The van der Waals surface area contributed by atoms with Crippen LogP contribution in [0, 0.1) is 0 Å². The van der Waals surface area contributed by atoms with Crippen molar-refractivity contribution in [3.8, 4) is 22.3 Å². The van der Waals surface area contributed by atoms with Gasteiger partial charge in [-0.3, -0.25) is 0 Å². The van der Waals surface area contributed by atoms with Crippen LogP contribution in [0.15, 0.2) is 156 Å². The number of nitrogens with zero attached hydrogens (tertiary/aromatic N) is 1. The first-order chi connectivity index (χ1) is 22.1. The van der Waals surface area contributed by atoms with Gasteiger partial charge in [0.25, 0.3) is 0 Å². The van der Waals surface area contributed by atoms with Crippen LogP contribution in [0.25, 0.3) is 55.0 Å². The van der Waals surface area contributed by atoms with E-state index in [0.717, 1.165) is 38.7 Å². The molecule has 9 rings (SSSR count). The van der Waals surface area contributed by atoms with E-state index in [4.69, 9.17) is 4.42 Å². The molecule has 0 N–H and O–H groups in total. The third-order valence-corrected chi connectivity index (χ3v) is 9.64. The average molecular weight is 578 g/mol. The molecule has 0 bridgehead atoms. The summed E-state index contributed by atoms with van der Waals surface area (Å²) in [4.78, 5) is 2.48. The molecule has 0 spiro atoms. The molecule has 7 aromatic carbocycles. The molecule has 0 amide bonds. The lowest BCUT2D eigenvalue weighted by molar-refractivity contribution is 0.660. The summed E-state index contributed by atoms with van der Waals surface area (Å²) in [5.41, 5.74) is 12.8. The lowest BCUT2D eigenvalue weighted by atomic mass is 9.82. The van der Waals surface area contributed by atoms with Crippen LogP contribution in [0.1, 0.15) is 25.0 Å². The Morgan fingerprint density at radius 1 is 0.533 bits per heavy atom. The predicted octanol–water partition coefficient (Wildman–Crippen LogP) is 12.2. The van der Waals surface area contributed by atoms with E-state index in [0.29, 0.717) is 0 Å². The third kappa shape index (κ3) is 3.82. The van der Waals surface area contributed by atoms with Crippen molar-refractivity contribution in [1.29, 1.82) is 0 Å². The molecule has 2 heteroatoms. The fourth-order valence-electron chi connectivity index (χ4n) is 7.50. The van der Waals surface area contributed by atoms with Gasteiger partial charge < -0.3 is 9.32 Å². The Morgan fingerprint density at radius 2 is 1.20 bits per heavy atom. The van der Waals surface area contributed by atoms with Gasteiger partial charge in [0.05, 0.1) is 16.8 Å². The van der Waals surface area contributed by atoms with Crippen molar-refractivity contribution in [2.24, 2.45) is 0 Å². The van der Waals surface area contributed by atoms with Crippen LogP contribution in [0.3, 0.4) is 0 Å². The van der Waals surface area contributed by atoms with Gasteiger partial charge in [0.2, 0.25) is 0 Å². The van der Waals surface area contributed by atoms with Crippen molar-refractivity contribution in [1.82, 2.24) is 0 Å². The molecule has 0 radical (unpaired) electrons. The molecule has 8 aromatic rings. The summed E-state index contributed by atoms with van der Waals surface area (Å²) >= 11 is 0.